The van der Waals surface area contributed by atoms with Gasteiger partial charge in [-0.25, -0.2) is 8.42 Å². The minimum Gasteiger partial charge on any atom is -0.497 e. The van der Waals surface area contributed by atoms with E-state index >= 15 is 0 Å². The van der Waals surface area contributed by atoms with Crippen LogP contribution in [0.3, 0.4) is 0 Å². The van der Waals surface area contributed by atoms with Gasteiger partial charge in [-0.2, -0.15) is 4.31 Å². The Morgan fingerprint density at radius 2 is 1.81 bits per heavy atom. The number of quaternary nitrogens is 1. The third-order valence-corrected chi connectivity index (χ3v) is 7.02. The number of hydrogen-bond donors (Lipinski definition) is 1. The maximum atomic E-state index is 13.0. The lowest BCUT2D eigenvalue weighted by Gasteiger charge is -2.32. The molecule has 0 bridgehead atoms. The number of sulfonamides is 1. The van der Waals surface area contributed by atoms with E-state index in [2.05, 4.69) is 6.07 Å². The van der Waals surface area contributed by atoms with Crippen molar-refractivity contribution in [3.8, 4) is 5.75 Å². The molecular weight excluding hydrogens is 348 g/mol. The molecule has 1 saturated heterocycles. The Labute approximate surface area is 156 Å². The Kier molecular flexibility index (Phi) is 5.65. The van der Waals surface area contributed by atoms with Crippen LogP contribution in [-0.2, 0) is 16.6 Å². The Hall–Kier alpha value is -1.89. The van der Waals surface area contributed by atoms with Crippen molar-refractivity contribution >= 4 is 10.0 Å². The van der Waals surface area contributed by atoms with Crippen molar-refractivity contribution in [2.45, 2.75) is 25.3 Å². The second-order valence-corrected chi connectivity index (χ2v) is 8.86. The highest BCUT2D eigenvalue weighted by atomic mass is 32.2. The first kappa shape index (κ1) is 18.9. The van der Waals surface area contributed by atoms with E-state index in [1.807, 2.05) is 44.2 Å². The summed E-state index contributed by atoms with van der Waals surface area (Å²) in [6.45, 7) is 7.44. The topological polar surface area (TPSA) is 51.1 Å². The third-order valence-electron chi connectivity index (χ3n) is 4.97. The van der Waals surface area contributed by atoms with Gasteiger partial charge < -0.3 is 9.64 Å². The monoisotopic (exact) mass is 375 g/mol. The summed E-state index contributed by atoms with van der Waals surface area (Å²) < 4.78 is 32.8. The average Bonchev–Trinajstić information content (AvgIpc) is 2.62. The van der Waals surface area contributed by atoms with Crippen LogP contribution in [0.2, 0.25) is 0 Å². The smallest absolute Gasteiger partial charge is 0.243 e. The number of methoxy groups -OCH3 is 1. The Morgan fingerprint density at radius 3 is 2.46 bits per heavy atom. The van der Waals surface area contributed by atoms with Crippen molar-refractivity contribution in [3.63, 3.8) is 0 Å². The van der Waals surface area contributed by atoms with Gasteiger partial charge in [-0.1, -0.05) is 29.8 Å². The number of ether oxygens (including phenoxy) is 1. The molecule has 0 radical (unpaired) electrons. The highest BCUT2D eigenvalue weighted by Gasteiger charge is 2.31. The Balaban J connectivity index is 1.65. The molecule has 5 nitrogen and oxygen atoms in total. The van der Waals surface area contributed by atoms with Gasteiger partial charge in [0.2, 0.25) is 10.0 Å². The molecule has 0 atom stereocenters. The normalized spacial score (nSPS) is 16.6. The number of benzene rings is 2. The molecule has 0 spiro atoms. The summed E-state index contributed by atoms with van der Waals surface area (Å²) in [5, 5.41) is 0. The van der Waals surface area contributed by atoms with Crippen molar-refractivity contribution in [3.05, 3.63) is 59.2 Å². The summed E-state index contributed by atoms with van der Waals surface area (Å²) in [5.74, 6) is 0.859. The number of aryl methyl sites for hydroxylation is 2. The fourth-order valence-electron chi connectivity index (χ4n) is 3.52. The molecule has 1 N–H and O–H groups in total. The molecule has 3 rings (SSSR count). The molecule has 2 aromatic rings. The fraction of sp³-hybridized carbons (Fsp3) is 0.400. The van der Waals surface area contributed by atoms with Gasteiger partial charge in [0.25, 0.3) is 0 Å². The molecule has 0 amide bonds. The second-order valence-electron chi connectivity index (χ2n) is 6.95. The summed E-state index contributed by atoms with van der Waals surface area (Å²) in [7, 11) is -1.75. The Morgan fingerprint density at radius 1 is 1.08 bits per heavy atom. The van der Waals surface area contributed by atoms with Crippen LogP contribution in [0.4, 0.5) is 0 Å². The van der Waals surface area contributed by atoms with Gasteiger partial charge in [0.15, 0.2) is 0 Å². The molecule has 140 valence electrons. The highest BCUT2D eigenvalue weighted by Crippen LogP contribution is 2.21. The standard InChI is InChI=1S/C20H26N2O3S/c1-16-7-8-20(17(2)13-16)26(23,24)22-11-9-21(10-12-22)15-18-5-4-6-19(14-18)25-3/h4-8,13-14H,9-12,15H2,1-3H3/p+1. The van der Waals surface area contributed by atoms with Crippen LogP contribution in [0.5, 0.6) is 5.75 Å². The molecular formula is C20H27N2O3S+. The summed E-state index contributed by atoms with van der Waals surface area (Å²) in [6.07, 6.45) is 0. The zero-order valence-electron chi connectivity index (χ0n) is 15.7. The number of piperazine rings is 1. The van der Waals surface area contributed by atoms with Crippen LogP contribution >= 0.6 is 0 Å². The minimum absolute atomic E-state index is 0.430. The number of nitrogens with one attached hydrogen (secondary N) is 1. The zero-order valence-corrected chi connectivity index (χ0v) is 16.5. The van der Waals surface area contributed by atoms with Gasteiger partial charge in [0, 0.05) is 5.56 Å². The molecule has 2 aromatic carbocycles. The van der Waals surface area contributed by atoms with Crippen molar-refractivity contribution in [2.24, 2.45) is 0 Å². The van der Waals surface area contributed by atoms with Crippen LogP contribution in [0.1, 0.15) is 16.7 Å². The summed E-state index contributed by atoms with van der Waals surface area (Å²) in [6, 6.07) is 13.6. The van der Waals surface area contributed by atoms with E-state index < -0.39 is 10.0 Å². The van der Waals surface area contributed by atoms with E-state index in [1.165, 1.54) is 10.5 Å². The second kappa shape index (κ2) is 7.78. The molecule has 26 heavy (non-hydrogen) atoms. The van der Waals surface area contributed by atoms with E-state index in [9.17, 15) is 8.42 Å². The van der Waals surface area contributed by atoms with Crippen LogP contribution in [0, 0.1) is 13.8 Å². The molecule has 1 aliphatic rings. The Bertz CT molecular complexity index is 872. The van der Waals surface area contributed by atoms with Gasteiger partial charge in [-0.05, 0) is 37.6 Å². The molecule has 0 saturated carbocycles. The summed E-state index contributed by atoms with van der Waals surface area (Å²) in [5.41, 5.74) is 3.11. The molecule has 0 aromatic heterocycles. The van der Waals surface area contributed by atoms with Crippen LogP contribution in [-0.4, -0.2) is 46.0 Å². The average molecular weight is 376 g/mol. The maximum Gasteiger partial charge on any atom is 0.243 e. The summed E-state index contributed by atoms with van der Waals surface area (Å²) in [4.78, 5) is 1.82. The summed E-state index contributed by atoms with van der Waals surface area (Å²) >= 11 is 0. The van der Waals surface area contributed by atoms with Gasteiger partial charge in [-0.3, -0.25) is 0 Å². The minimum atomic E-state index is -3.42. The van der Waals surface area contributed by atoms with Crippen LogP contribution in [0.15, 0.2) is 47.4 Å². The van der Waals surface area contributed by atoms with Crippen LogP contribution in [0.25, 0.3) is 0 Å². The number of nitrogens with zero attached hydrogens (tertiary/aromatic N) is 1. The zero-order chi connectivity index (χ0) is 18.7. The lowest BCUT2D eigenvalue weighted by Crippen LogP contribution is -3.13. The lowest BCUT2D eigenvalue weighted by molar-refractivity contribution is -0.917. The van der Waals surface area contributed by atoms with E-state index in [0.717, 1.165) is 36.5 Å². The van der Waals surface area contributed by atoms with E-state index in [-0.39, 0.29) is 0 Å². The van der Waals surface area contributed by atoms with Gasteiger partial charge in [0.05, 0.1) is 38.2 Å². The molecule has 0 aliphatic carbocycles. The predicted octanol–water partition coefficient (Wildman–Crippen LogP) is 1.40. The van der Waals surface area contributed by atoms with Crippen molar-refractivity contribution in [1.82, 2.24) is 4.31 Å². The molecule has 1 fully saturated rings. The molecule has 0 unspecified atom stereocenters. The first-order valence-electron chi connectivity index (χ1n) is 8.94. The fourth-order valence-corrected chi connectivity index (χ4v) is 5.17. The van der Waals surface area contributed by atoms with E-state index in [0.29, 0.717) is 18.0 Å². The first-order valence-corrected chi connectivity index (χ1v) is 10.4. The quantitative estimate of drug-likeness (QED) is 0.860. The highest BCUT2D eigenvalue weighted by molar-refractivity contribution is 7.89. The molecule has 1 aliphatic heterocycles. The predicted molar refractivity (Wildman–Crippen MR) is 102 cm³/mol. The molecule has 1 heterocycles. The van der Waals surface area contributed by atoms with E-state index in [4.69, 9.17) is 4.74 Å². The van der Waals surface area contributed by atoms with Crippen molar-refractivity contribution in [2.75, 3.05) is 33.3 Å². The van der Waals surface area contributed by atoms with Crippen molar-refractivity contribution in [1.29, 1.82) is 0 Å². The van der Waals surface area contributed by atoms with Crippen molar-refractivity contribution < 1.29 is 18.1 Å². The van der Waals surface area contributed by atoms with Gasteiger partial charge >= 0.3 is 0 Å². The molecule has 6 heteroatoms. The number of hydrogen-bond acceptors (Lipinski definition) is 3. The SMILES string of the molecule is COc1cccc(C[NH+]2CCN(S(=O)(=O)c3ccc(C)cc3C)CC2)c1. The maximum absolute atomic E-state index is 13.0. The number of rotatable bonds is 5. The van der Waals surface area contributed by atoms with E-state index in [1.54, 1.807) is 17.5 Å². The third kappa shape index (κ3) is 4.09. The largest absolute Gasteiger partial charge is 0.497 e. The van der Waals surface area contributed by atoms with Gasteiger partial charge in [0.1, 0.15) is 12.3 Å². The van der Waals surface area contributed by atoms with Gasteiger partial charge in [-0.15, -0.1) is 0 Å². The lowest BCUT2D eigenvalue weighted by atomic mass is 10.2. The first-order chi connectivity index (χ1) is 12.4. The van der Waals surface area contributed by atoms with Crippen LogP contribution < -0.4 is 9.64 Å².